The highest BCUT2D eigenvalue weighted by Crippen LogP contribution is 2.41. The van der Waals surface area contributed by atoms with E-state index >= 15 is 0 Å². The number of hydrogen-bond donors (Lipinski definition) is 1. The highest BCUT2D eigenvalue weighted by molar-refractivity contribution is 5.20. The Labute approximate surface area is 98.3 Å². The molecule has 1 nitrogen and oxygen atoms in total. The Morgan fingerprint density at radius 2 is 1.76 bits per heavy atom. The third kappa shape index (κ3) is 2.80. The average molecular weight is 244 g/mol. The van der Waals surface area contributed by atoms with Gasteiger partial charge < -0.3 is 5.11 Å². The van der Waals surface area contributed by atoms with Crippen LogP contribution < -0.4 is 0 Å². The maximum absolute atomic E-state index is 13.4. The van der Waals surface area contributed by atoms with Crippen molar-refractivity contribution in [2.45, 2.75) is 37.7 Å². The van der Waals surface area contributed by atoms with Gasteiger partial charge in [-0.25, -0.2) is 13.2 Å². The normalized spacial score (nSPS) is 22.4. The van der Waals surface area contributed by atoms with Gasteiger partial charge in [-0.2, -0.15) is 0 Å². The van der Waals surface area contributed by atoms with E-state index in [-0.39, 0.29) is 37.2 Å². The molecule has 94 valence electrons. The molecule has 0 spiro atoms. The van der Waals surface area contributed by atoms with Gasteiger partial charge >= 0.3 is 0 Å². The predicted molar refractivity (Wildman–Crippen MR) is 58.3 cm³/mol. The maximum atomic E-state index is 13.4. The molecular formula is C13H15F3O. The molecule has 1 saturated carbocycles. The highest BCUT2D eigenvalue weighted by atomic mass is 19.3. The molecular weight excluding hydrogens is 229 g/mol. The van der Waals surface area contributed by atoms with Crippen molar-refractivity contribution in [3.05, 3.63) is 35.6 Å². The molecule has 0 radical (unpaired) electrons. The maximum Gasteiger partial charge on any atom is 0.248 e. The summed E-state index contributed by atoms with van der Waals surface area (Å²) in [4.78, 5) is 0. The largest absolute Gasteiger partial charge is 0.388 e. The summed E-state index contributed by atoms with van der Waals surface area (Å²) in [5, 5.41) is 10.0. The number of halogens is 3. The number of hydrogen-bond acceptors (Lipinski definition) is 1. The quantitative estimate of drug-likeness (QED) is 0.841. The zero-order chi connectivity index (χ0) is 12.5. The fourth-order valence-corrected chi connectivity index (χ4v) is 2.35. The van der Waals surface area contributed by atoms with Crippen molar-refractivity contribution in [1.29, 1.82) is 0 Å². The van der Waals surface area contributed by atoms with Crippen LogP contribution in [0, 0.1) is 11.7 Å². The van der Waals surface area contributed by atoms with Crippen LogP contribution >= 0.6 is 0 Å². The van der Waals surface area contributed by atoms with Crippen LogP contribution in [0.25, 0.3) is 0 Å². The number of benzene rings is 1. The smallest absolute Gasteiger partial charge is 0.248 e. The molecule has 0 saturated heterocycles. The molecule has 0 aromatic heterocycles. The van der Waals surface area contributed by atoms with Crippen LogP contribution in [-0.4, -0.2) is 11.0 Å². The van der Waals surface area contributed by atoms with Crippen molar-refractivity contribution in [2.75, 3.05) is 0 Å². The lowest BCUT2D eigenvalue weighted by Gasteiger charge is -2.31. The Balaban J connectivity index is 2.07. The minimum Gasteiger partial charge on any atom is -0.388 e. The van der Waals surface area contributed by atoms with Gasteiger partial charge in [0.15, 0.2) is 0 Å². The van der Waals surface area contributed by atoms with Crippen LogP contribution in [0.3, 0.4) is 0 Å². The summed E-state index contributed by atoms with van der Waals surface area (Å²) >= 11 is 0. The number of aliphatic hydroxyl groups is 1. The second-order valence-corrected chi connectivity index (χ2v) is 4.66. The molecule has 0 heterocycles. The van der Waals surface area contributed by atoms with E-state index in [2.05, 4.69) is 0 Å². The van der Waals surface area contributed by atoms with Crippen molar-refractivity contribution in [3.63, 3.8) is 0 Å². The van der Waals surface area contributed by atoms with Gasteiger partial charge in [0, 0.05) is 18.4 Å². The Kier molecular flexibility index (Phi) is 3.43. The van der Waals surface area contributed by atoms with E-state index in [1.165, 1.54) is 12.1 Å². The molecule has 1 atom stereocenters. The van der Waals surface area contributed by atoms with Gasteiger partial charge in [-0.15, -0.1) is 0 Å². The second-order valence-electron chi connectivity index (χ2n) is 4.66. The van der Waals surface area contributed by atoms with Gasteiger partial charge in [-0.1, -0.05) is 18.2 Å². The monoisotopic (exact) mass is 244 g/mol. The van der Waals surface area contributed by atoms with Crippen molar-refractivity contribution >= 4 is 0 Å². The Hall–Kier alpha value is -1.03. The highest BCUT2D eigenvalue weighted by Gasteiger charge is 2.37. The SMILES string of the molecule is OC(c1ccccc1F)C1CCC(F)(F)CC1. The summed E-state index contributed by atoms with van der Waals surface area (Å²) in [6.07, 6.45) is -0.940. The number of aliphatic hydroxyl groups excluding tert-OH is 1. The van der Waals surface area contributed by atoms with E-state index in [1.54, 1.807) is 12.1 Å². The number of rotatable bonds is 2. The van der Waals surface area contributed by atoms with Gasteiger partial charge in [0.1, 0.15) is 5.82 Å². The van der Waals surface area contributed by atoms with Crippen LogP contribution in [-0.2, 0) is 0 Å². The first-order valence-electron chi connectivity index (χ1n) is 5.80. The van der Waals surface area contributed by atoms with E-state index in [0.29, 0.717) is 0 Å². The summed E-state index contributed by atoms with van der Waals surface area (Å²) in [6.45, 7) is 0. The molecule has 1 aromatic carbocycles. The fourth-order valence-electron chi connectivity index (χ4n) is 2.35. The molecule has 1 aromatic rings. The standard InChI is InChI=1S/C13H15F3O/c14-11-4-2-1-3-10(11)12(17)9-5-7-13(15,16)8-6-9/h1-4,9,12,17H,5-8H2. The first kappa shape index (κ1) is 12.4. The molecule has 1 fully saturated rings. The molecule has 1 aliphatic rings. The van der Waals surface area contributed by atoms with Gasteiger partial charge in [0.05, 0.1) is 6.10 Å². The van der Waals surface area contributed by atoms with Crippen molar-refractivity contribution in [2.24, 2.45) is 5.92 Å². The Morgan fingerprint density at radius 1 is 1.18 bits per heavy atom. The average Bonchev–Trinajstić information content (AvgIpc) is 2.29. The lowest BCUT2D eigenvalue weighted by molar-refractivity contribution is -0.0630. The van der Waals surface area contributed by atoms with Gasteiger partial charge in [-0.05, 0) is 24.8 Å². The first-order valence-corrected chi connectivity index (χ1v) is 5.80. The van der Waals surface area contributed by atoms with Crippen molar-refractivity contribution in [1.82, 2.24) is 0 Å². The van der Waals surface area contributed by atoms with E-state index in [1.807, 2.05) is 0 Å². The van der Waals surface area contributed by atoms with E-state index in [0.717, 1.165) is 0 Å². The fraction of sp³-hybridized carbons (Fsp3) is 0.538. The summed E-state index contributed by atoms with van der Waals surface area (Å²) < 4.78 is 39.4. The minimum atomic E-state index is -2.62. The van der Waals surface area contributed by atoms with E-state index < -0.39 is 17.8 Å². The summed E-state index contributed by atoms with van der Waals surface area (Å²) in [6, 6.07) is 5.96. The van der Waals surface area contributed by atoms with E-state index in [4.69, 9.17) is 0 Å². The third-order valence-corrected chi connectivity index (χ3v) is 3.43. The minimum absolute atomic E-state index is 0.211. The molecule has 17 heavy (non-hydrogen) atoms. The first-order chi connectivity index (χ1) is 7.99. The molecule has 0 amide bonds. The zero-order valence-electron chi connectivity index (χ0n) is 9.37. The van der Waals surface area contributed by atoms with Crippen LogP contribution in [0.5, 0.6) is 0 Å². The van der Waals surface area contributed by atoms with Crippen LogP contribution in [0.15, 0.2) is 24.3 Å². The van der Waals surface area contributed by atoms with Gasteiger partial charge in [0.2, 0.25) is 5.92 Å². The summed E-state index contributed by atoms with van der Waals surface area (Å²) in [7, 11) is 0. The Morgan fingerprint density at radius 3 is 2.35 bits per heavy atom. The van der Waals surface area contributed by atoms with Gasteiger partial charge in [-0.3, -0.25) is 0 Å². The molecule has 0 bridgehead atoms. The van der Waals surface area contributed by atoms with Crippen LogP contribution in [0.1, 0.15) is 37.4 Å². The van der Waals surface area contributed by atoms with Crippen molar-refractivity contribution in [3.8, 4) is 0 Å². The predicted octanol–water partition coefficient (Wildman–Crippen LogP) is 3.68. The lowest BCUT2D eigenvalue weighted by Crippen LogP contribution is -2.28. The molecule has 1 aliphatic carbocycles. The summed E-state index contributed by atoms with van der Waals surface area (Å²) in [5.74, 6) is -3.37. The zero-order valence-corrected chi connectivity index (χ0v) is 9.37. The van der Waals surface area contributed by atoms with Crippen LogP contribution in [0.4, 0.5) is 13.2 Å². The van der Waals surface area contributed by atoms with Crippen molar-refractivity contribution < 1.29 is 18.3 Å². The summed E-state index contributed by atoms with van der Waals surface area (Å²) in [5.41, 5.74) is 0.211. The molecule has 1 unspecified atom stereocenters. The lowest BCUT2D eigenvalue weighted by atomic mass is 9.81. The van der Waals surface area contributed by atoms with Gasteiger partial charge in [0.25, 0.3) is 0 Å². The Bertz CT molecular complexity index is 382. The molecule has 4 heteroatoms. The van der Waals surface area contributed by atoms with Crippen LogP contribution in [0.2, 0.25) is 0 Å². The molecule has 2 rings (SSSR count). The molecule has 1 N–H and O–H groups in total. The van der Waals surface area contributed by atoms with E-state index in [9.17, 15) is 18.3 Å². The number of alkyl halides is 2. The third-order valence-electron chi connectivity index (χ3n) is 3.43. The topological polar surface area (TPSA) is 20.2 Å². The second kappa shape index (κ2) is 4.69. The molecule has 0 aliphatic heterocycles.